The molecule has 0 amide bonds. The lowest BCUT2D eigenvalue weighted by Gasteiger charge is -2.21. The molecule has 0 bridgehead atoms. The van der Waals surface area contributed by atoms with Crippen LogP contribution >= 0.6 is 23.2 Å². The molecular formula is C25H27Cl2FN4O2. The van der Waals surface area contributed by atoms with E-state index in [-0.39, 0.29) is 21.4 Å². The Balaban J connectivity index is 1.70. The van der Waals surface area contributed by atoms with Crippen LogP contribution in [0.4, 0.5) is 10.2 Å². The van der Waals surface area contributed by atoms with E-state index in [4.69, 9.17) is 33.7 Å². The van der Waals surface area contributed by atoms with Crippen LogP contribution in [0.1, 0.15) is 37.9 Å². The molecule has 2 aromatic heterocycles. The summed E-state index contributed by atoms with van der Waals surface area (Å²) in [6.07, 6.45) is 5.83. The fourth-order valence-corrected chi connectivity index (χ4v) is 5.07. The van der Waals surface area contributed by atoms with E-state index in [1.54, 1.807) is 29.8 Å². The highest BCUT2D eigenvalue weighted by atomic mass is 35.5. The van der Waals surface area contributed by atoms with Crippen molar-refractivity contribution in [3.63, 3.8) is 0 Å². The molecule has 1 aliphatic heterocycles. The number of benzene rings is 1. The Labute approximate surface area is 208 Å². The van der Waals surface area contributed by atoms with Gasteiger partial charge >= 0.3 is 0 Å². The first-order chi connectivity index (χ1) is 16.2. The number of aromatic nitrogens is 2. The van der Waals surface area contributed by atoms with Crippen molar-refractivity contribution in [2.45, 2.75) is 44.9 Å². The van der Waals surface area contributed by atoms with Gasteiger partial charge in [-0.1, -0.05) is 23.2 Å². The highest BCUT2D eigenvalue weighted by Gasteiger charge is 2.23. The number of halogens is 3. The van der Waals surface area contributed by atoms with Crippen LogP contribution < -0.4 is 16.0 Å². The molecule has 0 radical (unpaired) electrons. The van der Waals surface area contributed by atoms with Crippen LogP contribution in [0, 0.1) is 5.82 Å². The van der Waals surface area contributed by atoms with E-state index in [1.165, 1.54) is 12.1 Å². The van der Waals surface area contributed by atoms with Gasteiger partial charge in [-0.3, -0.25) is 4.79 Å². The highest BCUT2D eigenvalue weighted by molar-refractivity contribution is 6.36. The SMILES string of the molecule is CC(Oc1cc(-c2ccc(N)nc2)cn(CCC2CCCN2C)c1=O)c1c(Cl)ccc(F)c1Cl. The number of rotatable bonds is 7. The van der Waals surface area contributed by atoms with Gasteiger partial charge in [-0.05, 0) is 70.1 Å². The maximum atomic E-state index is 14.1. The first-order valence-corrected chi connectivity index (χ1v) is 12.0. The largest absolute Gasteiger partial charge is 0.480 e. The van der Waals surface area contributed by atoms with Crippen LogP contribution in [0.2, 0.25) is 10.0 Å². The summed E-state index contributed by atoms with van der Waals surface area (Å²) in [5.41, 5.74) is 7.30. The Morgan fingerprint density at radius 3 is 2.74 bits per heavy atom. The number of nitrogens with two attached hydrogens (primary N) is 1. The zero-order chi connectivity index (χ0) is 24.4. The lowest BCUT2D eigenvalue weighted by Crippen LogP contribution is -2.29. The summed E-state index contributed by atoms with van der Waals surface area (Å²) in [6, 6.07) is 8.25. The molecule has 2 N–H and O–H groups in total. The maximum absolute atomic E-state index is 14.1. The average molecular weight is 505 g/mol. The minimum Gasteiger partial charge on any atom is -0.480 e. The molecule has 9 heteroatoms. The molecule has 3 aromatic rings. The van der Waals surface area contributed by atoms with Crippen LogP contribution in [0.15, 0.2) is 47.5 Å². The van der Waals surface area contributed by atoms with Gasteiger partial charge in [0.25, 0.3) is 5.56 Å². The lowest BCUT2D eigenvalue weighted by atomic mass is 10.1. The predicted molar refractivity (Wildman–Crippen MR) is 134 cm³/mol. The van der Waals surface area contributed by atoms with Gasteiger partial charge in [0.15, 0.2) is 5.75 Å². The average Bonchev–Trinajstić information content (AvgIpc) is 3.22. The Morgan fingerprint density at radius 2 is 2.06 bits per heavy atom. The van der Waals surface area contributed by atoms with Gasteiger partial charge in [-0.15, -0.1) is 0 Å². The minimum atomic E-state index is -0.752. The summed E-state index contributed by atoms with van der Waals surface area (Å²) >= 11 is 12.4. The Bertz CT molecular complexity index is 1230. The summed E-state index contributed by atoms with van der Waals surface area (Å²) < 4.78 is 21.8. The number of hydrogen-bond donors (Lipinski definition) is 1. The third-order valence-corrected chi connectivity index (χ3v) is 7.05. The molecule has 1 aliphatic rings. The first-order valence-electron chi connectivity index (χ1n) is 11.2. The van der Waals surface area contributed by atoms with Crippen LogP contribution in [0.5, 0.6) is 5.75 Å². The molecule has 34 heavy (non-hydrogen) atoms. The number of anilines is 1. The van der Waals surface area contributed by atoms with Crippen molar-refractivity contribution in [1.29, 1.82) is 0 Å². The normalized spacial score (nSPS) is 17.1. The van der Waals surface area contributed by atoms with E-state index in [9.17, 15) is 9.18 Å². The van der Waals surface area contributed by atoms with E-state index in [1.807, 2.05) is 12.3 Å². The summed E-state index contributed by atoms with van der Waals surface area (Å²) in [6.45, 7) is 3.29. The molecule has 2 atom stereocenters. The van der Waals surface area contributed by atoms with Crippen LogP contribution in [-0.2, 0) is 6.54 Å². The second kappa shape index (κ2) is 10.3. The number of pyridine rings is 2. The first kappa shape index (κ1) is 24.5. The van der Waals surface area contributed by atoms with E-state index < -0.39 is 11.9 Å². The Hall–Kier alpha value is -2.61. The predicted octanol–water partition coefficient (Wildman–Crippen LogP) is 5.56. The van der Waals surface area contributed by atoms with E-state index in [2.05, 4.69) is 16.9 Å². The van der Waals surface area contributed by atoms with E-state index in [0.29, 0.717) is 24.0 Å². The van der Waals surface area contributed by atoms with Crippen LogP contribution in [-0.4, -0.2) is 34.1 Å². The second-order valence-corrected chi connectivity index (χ2v) is 9.43. The van der Waals surface area contributed by atoms with Crippen molar-refractivity contribution in [3.8, 4) is 16.9 Å². The molecular weight excluding hydrogens is 478 g/mol. The minimum absolute atomic E-state index is 0.122. The number of ether oxygens (including phenoxy) is 1. The van der Waals surface area contributed by atoms with Crippen molar-refractivity contribution in [3.05, 3.63) is 74.5 Å². The van der Waals surface area contributed by atoms with E-state index in [0.717, 1.165) is 36.9 Å². The molecule has 0 aliphatic carbocycles. The summed E-state index contributed by atoms with van der Waals surface area (Å²) in [4.78, 5) is 19.8. The number of likely N-dealkylation sites (tertiary alicyclic amines) is 1. The number of aryl methyl sites for hydroxylation is 1. The van der Waals surface area contributed by atoms with Gasteiger partial charge in [0.05, 0.1) is 5.02 Å². The lowest BCUT2D eigenvalue weighted by molar-refractivity contribution is 0.221. The van der Waals surface area contributed by atoms with Crippen molar-refractivity contribution in [1.82, 2.24) is 14.5 Å². The molecule has 6 nitrogen and oxygen atoms in total. The topological polar surface area (TPSA) is 73.4 Å². The van der Waals surface area contributed by atoms with Crippen LogP contribution in [0.3, 0.4) is 0 Å². The summed E-state index contributed by atoms with van der Waals surface area (Å²) in [7, 11) is 2.11. The smallest absolute Gasteiger partial charge is 0.292 e. The molecule has 1 saturated heterocycles. The third kappa shape index (κ3) is 5.22. The monoisotopic (exact) mass is 504 g/mol. The molecule has 0 saturated carbocycles. The van der Waals surface area contributed by atoms with Crippen molar-refractivity contribution < 1.29 is 9.13 Å². The van der Waals surface area contributed by atoms with Gasteiger partial charge in [0.1, 0.15) is 17.7 Å². The van der Waals surface area contributed by atoms with E-state index >= 15 is 0 Å². The second-order valence-electron chi connectivity index (χ2n) is 8.65. The Kier molecular flexibility index (Phi) is 7.45. The highest BCUT2D eigenvalue weighted by Crippen LogP contribution is 2.35. The fourth-order valence-electron chi connectivity index (χ4n) is 4.39. The van der Waals surface area contributed by atoms with Crippen molar-refractivity contribution in [2.24, 2.45) is 0 Å². The zero-order valence-electron chi connectivity index (χ0n) is 19.1. The van der Waals surface area contributed by atoms with Gasteiger partial charge in [-0.25, -0.2) is 9.37 Å². The third-order valence-electron chi connectivity index (χ3n) is 6.34. The number of hydrogen-bond acceptors (Lipinski definition) is 5. The quantitative estimate of drug-likeness (QED) is 0.426. The van der Waals surface area contributed by atoms with Crippen molar-refractivity contribution in [2.75, 3.05) is 19.3 Å². The zero-order valence-corrected chi connectivity index (χ0v) is 20.6. The molecule has 3 heterocycles. The van der Waals surface area contributed by atoms with Gasteiger partial charge < -0.3 is 19.9 Å². The van der Waals surface area contributed by atoms with Gasteiger partial charge in [-0.2, -0.15) is 0 Å². The van der Waals surface area contributed by atoms with Crippen LogP contribution in [0.25, 0.3) is 11.1 Å². The number of nitrogens with zero attached hydrogens (tertiary/aromatic N) is 3. The maximum Gasteiger partial charge on any atom is 0.292 e. The summed E-state index contributed by atoms with van der Waals surface area (Å²) in [5.74, 6) is -0.0730. The molecule has 2 unspecified atom stereocenters. The number of nitrogen functional groups attached to an aromatic ring is 1. The fraction of sp³-hybridized carbons (Fsp3) is 0.360. The Morgan fingerprint density at radius 1 is 1.26 bits per heavy atom. The van der Waals surface area contributed by atoms with Gasteiger partial charge in [0, 0.05) is 46.7 Å². The molecule has 1 aromatic carbocycles. The summed E-state index contributed by atoms with van der Waals surface area (Å²) in [5, 5.41) is 0.144. The molecule has 4 rings (SSSR count). The van der Waals surface area contributed by atoms with Crippen molar-refractivity contribution >= 4 is 29.0 Å². The van der Waals surface area contributed by atoms with Gasteiger partial charge in [0.2, 0.25) is 0 Å². The molecule has 1 fully saturated rings. The standard InChI is InChI=1S/C25H27Cl2FN4O2/c1-15(23-19(26)6-7-20(28)24(23)27)34-21-12-17(16-5-8-22(29)30-13-16)14-32(25(21)33)11-9-18-4-3-10-31(18)2/h5-8,12-15,18H,3-4,9-11H2,1-2H3,(H2,29,30). The molecule has 0 spiro atoms. The molecule has 180 valence electrons.